The number of nitro groups is 1. The molecule has 3 aliphatic carbocycles. The third kappa shape index (κ3) is 1.69. The Balaban J connectivity index is 1.55. The van der Waals surface area contributed by atoms with Gasteiger partial charge in [-0.2, -0.15) is 0 Å². The molecule has 20 heavy (non-hydrogen) atoms. The number of ether oxygens (including phenoxy) is 1. The second-order valence-electron chi connectivity index (χ2n) is 6.33. The fourth-order valence-electron chi connectivity index (χ4n) is 4.60. The van der Waals surface area contributed by atoms with Crippen molar-refractivity contribution in [1.82, 2.24) is 0 Å². The summed E-state index contributed by atoms with van der Waals surface area (Å²) >= 11 is 0. The third-order valence-corrected chi connectivity index (χ3v) is 5.41. The quantitative estimate of drug-likeness (QED) is 0.677. The summed E-state index contributed by atoms with van der Waals surface area (Å²) in [6, 6.07) is 5.44. The van der Waals surface area contributed by atoms with Gasteiger partial charge in [0.2, 0.25) is 0 Å². The number of nitrogens with zero attached hydrogens (tertiary/aromatic N) is 1. The number of nitro benzene ring substituents is 1. The van der Waals surface area contributed by atoms with Crippen LogP contribution in [0.25, 0.3) is 0 Å². The zero-order chi connectivity index (χ0) is 13.9. The highest BCUT2D eigenvalue weighted by Gasteiger charge is 2.65. The fraction of sp³-hybridized carbons (Fsp3) is 0.600. The van der Waals surface area contributed by atoms with Gasteiger partial charge in [-0.1, -0.05) is 0 Å². The first-order valence-electron chi connectivity index (χ1n) is 7.27. The monoisotopic (exact) mass is 274 g/mol. The van der Waals surface area contributed by atoms with Crippen LogP contribution in [0.5, 0.6) is 5.75 Å². The Morgan fingerprint density at radius 1 is 1.25 bits per heavy atom. The molecule has 4 rings (SSSR count). The van der Waals surface area contributed by atoms with Crippen LogP contribution < -0.4 is 10.1 Å². The predicted molar refractivity (Wildman–Crippen MR) is 74.9 cm³/mol. The van der Waals surface area contributed by atoms with E-state index in [0.717, 1.165) is 29.4 Å². The van der Waals surface area contributed by atoms with Gasteiger partial charge >= 0.3 is 0 Å². The van der Waals surface area contributed by atoms with Gasteiger partial charge < -0.3 is 10.1 Å². The van der Waals surface area contributed by atoms with E-state index in [1.54, 1.807) is 6.07 Å². The summed E-state index contributed by atoms with van der Waals surface area (Å²) in [4.78, 5) is 10.6. The molecular formula is C15H18N2O3. The van der Waals surface area contributed by atoms with Crippen molar-refractivity contribution in [3.63, 3.8) is 0 Å². The second-order valence-corrected chi connectivity index (χ2v) is 6.33. The smallest absolute Gasteiger partial charge is 0.275 e. The lowest BCUT2D eigenvalue weighted by Gasteiger charge is -2.12. The lowest BCUT2D eigenvalue weighted by Crippen LogP contribution is -2.12. The van der Waals surface area contributed by atoms with Gasteiger partial charge in [-0.3, -0.25) is 10.1 Å². The van der Waals surface area contributed by atoms with E-state index in [2.05, 4.69) is 5.32 Å². The maximum atomic E-state index is 11.0. The zero-order valence-electron chi connectivity index (χ0n) is 11.4. The van der Waals surface area contributed by atoms with Crippen LogP contribution in [-0.4, -0.2) is 18.1 Å². The Labute approximate surface area is 117 Å². The average molecular weight is 274 g/mol. The van der Waals surface area contributed by atoms with Crippen molar-refractivity contribution in [3.05, 3.63) is 28.3 Å². The maximum absolute atomic E-state index is 11.0. The van der Waals surface area contributed by atoms with E-state index in [1.807, 2.05) is 6.07 Å². The van der Waals surface area contributed by atoms with E-state index >= 15 is 0 Å². The summed E-state index contributed by atoms with van der Waals surface area (Å²) < 4.78 is 5.15. The standard InChI is InChI=1S/C15H18N2O3/c1-20-12-6-10(5-11(7-12)17(18)19)16-15-13-8-2-3-9(4-8)14(13)15/h5-9,13-16H,2-4H2,1H3. The van der Waals surface area contributed by atoms with E-state index < -0.39 is 0 Å². The van der Waals surface area contributed by atoms with Crippen molar-refractivity contribution >= 4 is 11.4 Å². The van der Waals surface area contributed by atoms with Crippen LogP contribution in [0.2, 0.25) is 0 Å². The molecular weight excluding hydrogens is 256 g/mol. The van der Waals surface area contributed by atoms with Gasteiger partial charge in [0.15, 0.2) is 0 Å². The van der Waals surface area contributed by atoms with Crippen molar-refractivity contribution in [1.29, 1.82) is 0 Å². The van der Waals surface area contributed by atoms with Crippen molar-refractivity contribution in [2.24, 2.45) is 23.7 Å². The number of hydrogen-bond donors (Lipinski definition) is 1. The Morgan fingerprint density at radius 2 is 1.95 bits per heavy atom. The molecule has 1 aromatic carbocycles. The molecule has 5 heteroatoms. The van der Waals surface area contributed by atoms with Crippen LogP contribution in [0.3, 0.4) is 0 Å². The Morgan fingerprint density at radius 3 is 2.55 bits per heavy atom. The molecule has 106 valence electrons. The molecule has 1 aromatic rings. The minimum absolute atomic E-state index is 0.0839. The number of nitrogens with one attached hydrogen (secondary N) is 1. The number of methoxy groups -OCH3 is 1. The molecule has 0 amide bonds. The van der Waals surface area contributed by atoms with Crippen LogP contribution in [0.4, 0.5) is 11.4 Å². The first-order valence-corrected chi connectivity index (χ1v) is 7.27. The van der Waals surface area contributed by atoms with E-state index in [-0.39, 0.29) is 10.6 Å². The minimum Gasteiger partial charge on any atom is -0.496 e. The first kappa shape index (κ1) is 12.0. The molecule has 3 saturated carbocycles. The summed E-state index contributed by atoms with van der Waals surface area (Å²) in [7, 11) is 1.54. The molecule has 0 saturated heterocycles. The summed E-state index contributed by atoms with van der Waals surface area (Å²) in [5.41, 5.74) is 0.899. The van der Waals surface area contributed by atoms with Gasteiger partial charge in [-0.05, 0) is 42.9 Å². The SMILES string of the molecule is COc1cc(NC2C3C4CCC(C4)C23)cc([N+](=O)[O-])c1. The topological polar surface area (TPSA) is 64.4 Å². The molecule has 3 fully saturated rings. The number of fused-ring (bicyclic) bond motifs is 5. The fourth-order valence-corrected chi connectivity index (χ4v) is 4.60. The van der Waals surface area contributed by atoms with Crippen molar-refractivity contribution in [3.8, 4) is 5.75 Å². The third-order valence-electron chi connectivity index (χ3n) is 5.41. The number of rotatable bonds is 4. The van der Waals surface area contributed by atoms with Crippen LogP contribution >= 0.6 is 0 Å². The number of anilines is 1. The Bertz CT molecular complexity index is 558. The van der Waals surface area contributed by atoms with Gasteiger partial charge in [-0.15, -0.1) is 0 Å². The van der Waals surface area contributed by atoms with Crippen LogP contribution in [-0.2, 0) is 0 Å². The predicted octanol–water partition coefficient (Wildman–Crippen LogP) is 3.06. The van der Waals surface area contributed by atoms with Gasteiger partial charge in [0.1, 0.15) is 5.75 Å². The van der Waals surface area contributed by atoms with E-state index in [0.29, 0.717) is 11.8 Å². The zero-order valence-corrected chi connectivity index (χ0v) is 11.4. The lowest BCUT2D eigenvalue weighted by atomic mass is 10.0. The largest absolute Gasteiger partial charge is 0.496 e. The van der Waals surface area contributed by atoms with E-state index in [9.17, 15) is 10.1 Å². The summed E-state index contributed by atoms with van der Waals surface area (Å²) in [6.07, 6.45) is 4.16. The maximum Gasteiger partial charge on any atom is 0.275 e. The molecule has 0 aliphatic heterocycles. The Kier molecular flexibility index (Phi) is 2.46. The first-order chi connectivity index (χ1) is 9.67. The van der Waals surface area contributed by atoms with E-state index in [1.165, 1.54) is 32.4 Å². The highest BCUT2D eigenvalue weighted by Crippen LogP contribution is 2.66. The molecule has 3 aliphatic rings. The Hall–Kier alpha value is -1.78. The van der Waals surface area contributed by atoms with Crippen molar-refractivity contribution < 1.29 is 9.66 Å². The number of non-ortho nitro benzene ring substituents is 1. The average Bonchev–Trinajstić information content (AvgIpc) is 2.85. The lowest BCUT2D eigenvalue weighted by molar-refractivity contribution is -0.384. The van der Waals surface area contributed by atoms with Gasteiger partial charge in [-0.25, -0.2) is 0 Å². The van der Waals surface area contributed by atoms with Crippen molar-refractivity contribution in [2.45, 2.75) is 25.3 Å². The summed E-state index contributed by atoms with van der Waals surface area (Å²) in [5, 5.41) is 14.5. The second kappa shape index (κ2) is 4.11. The molecule has 0 radical (unpaired) electrons. The van der Waals surface area contributed by atoms with Crippen LogP contribution in [0.1, 0.15) is 19.3 Å². The summed E-state index contributed by atoms with van der Waals surface area (Å²) in [6.45, 7) is 0. The molecule has 0 aromatic heterocycles. The molecule has 5 nitrogen and oxygen atoms in total. The van der Waals surface area contributed by atoms with Gasteiger partial charge in [0.25, 0.3) is 5.69 Å². The molecule has 4 atom stereocenters. The van der Waals surface area contributed by atoms with Gasteiger partial charge in [0.05, 0.1) is 18.1 Å². The normalized spacial score (nSPS) is 36.5. The molecule has 4 unspecified atom stereocenters. The number of hydrogen-bond acceptors (Lipinski definition) is 4. The molecule has 2 bridgehead atoms. The molecule has 0 heterocycles. The van der Waals surface area contributed by atoms with Crippen molar-refractivity contribution in [2.75, 3.05) is 12.4 Å². The minimum atomic E-state index is -0.370. The highest BCUT2D eigenvalue weighted by atomic mass is 16.6. The summed E-state index contributed by atoms with van der Waals surface area (Å²) in [5.74, 6) is 3.93. The van der Waals surface area contributed by atoms with E-state index in [4.69, 9.17) is 4.74 Å². The number of benzene rings is 1. The van der Waals surface area contributed by atoms with Crippen LogP contribution in [0.15, 0.2) is 18.2 Å². The highest BCUT2D eigenvalue weighted by molar-refractivity contribution is 5.58. The molecule has 0 spiro atoms. The molecule has 1 N–H and O–H groups in total. The van der Waals surface area contributed by atoms with Gasteiger partial charge in [0, 0.05) is 23.9 Å². The van der Waals surface area contributed by atoms with Crippen LogP contribution in [0, 0.1) is 33.8 Å².